The van der Waals surface area contributed by atoms with Gasteiger partial charge in [-0.1, -0.05) is 91.0 Å². The van der Waals surface area contributed by atoms with Crippen LogP contribution in [0, 0.1) is 0 Å². The average Bonchev–Trinajstić information content (AvgIpc) is 3.35. The first kappa shape index (κ1) is 32.3. The Kier molecular flexibility index (Phi) is 10.9. The molecule has 0 N–H and O–H groups in total. The van der Waals surface area contributed by atoms with Crippen molar-refractivity contribution in [2.45, 2.75) is 69.9 Å². The maximum Gasteiger partial charge on any atom is 0.416 e. The number of carbonyl (C=O) groups excluding carboxylic acids is 1. The Balaban J connectivity index is 1.35. The highest BCUT2D eigenvalue weighted by atomic mass is 19.4. The molecule has 5 nitrogen and oxygen atoms in total. The second-order valence-corrected chi connectivity index (χ2v) is 11.4. The van der Waals surface area contributed by atoms with Gasteiger partial charge in [-0.05, 0) is 59.7 Å². The molecule has 4 aromatic rings. The van der Waals surface area contributed by atoms with Crippen molar-refractivity contribution in [1.29, 1.82) is 0 Å². The van der Waals surface area contributed by atoms with Gasteiger partial charge in [0.05, 0.1) is 50.6 Å². The summed E-state index contributed by atoms with van der Waals surface area (Å²) < 4.78 is 58.4. The fourth-order valence-electron chi connectivity index (χ4n) is 5.76. The Labute approximate surface area is 262 Å². The quantitative estimate of drug-likeness (QED) is 0.144. The standard InChI is InChI=1S/C37H38F3NO4/c1-43-32-17-15-27(16-18-32)24-41-34(35(23-36(41)42)45-26-29-11-6-3-7-12-29)20-19-33(44-25-28-9-4-2-5-10-28)22-30-13-8-14-31(21-30)37(38,39)40/h2-18,21,33-35H,19-20,22-26H2,1H3/t33-,34+,35-/m1/s1. The molecule has 0 unspecified atom stereocenters. The topological polar surface area (TPSA) is 48.0 Å². The van der Waals surface area contributed by atoms with Crippen molar-refractivity contribution in [3.63, 3.8) is 0 Å². The third kappa shape index (κ3) is 9.19. The Bertz CT molecular complexity index is 1500. The summed E-state index contributed by atoms with van der Waals surface area (Å²) in [6.45, 7) is 1.13. The largest absolute Gasteiger partial charge is 0.497 e. The summed E-state index contributed by atoms with van der Waals surface area (Å²) in [4.78, 5) is 15.3. The molecular formula is C37H38F3NO4. The number of hydrogen-bond acceptors (Lipinski definition) is 4. The van der Waals surface area contributed by atoms with Crippen molar-refractivity contribution in [2.24, 2.45) is 0 Å². The van der Waals surface area contributed by atoms with Crippen molar-refractivity contribution >= 4 is 5.91 Å². The predicted molar refractivity (Wildman–Crippen MR) is 166 cm³/mol. The van der Waals surface area contributed by atoms with Crippen LogP contribution >= 0.6 is 0 Å². The predicted octanol–water partition coefficient (Wildman–Crippen LogP) is 8.01. The maximum atomic E-state index is 13.5. The molecule has 1 heterocycles. The first-order chi connectivity index (χ1) is 21.8. The molecule has 0 bridgehead atoms. The molecule has 0 saturated carbocycles. The number of benzene rings is 4. The molecule has 0 spiro atoms. The van der Waals surface area contributed by atoms with Crippen LogP contribution in [0.4, 0.5) is 13.2 Å². The van der Waals surface area contributed by atoms with E-state index >= 15 is 0 Å². The Morgan fingerprint density at radius 2 is 1.44 bits per heavy atom. The molecule has 5 rings (SSSR count). The SMILES string of the molecule is COc1ccc(CN2C(=O)C[C@@H](OCc3ccccc3)[C@@H]2CC[C@H](Cc2cccc(C(F)(F)F)c2)OCc2ccccc2)cc1. The fourth-order valence-corrected chi connectivity index (χ4v) is 5.76. The van der Waals surface area contributed by atoms with E-state index in [0.717, 1.165) is 28.5 Å². The first-order valence-electron chi connectivity index (χ1n) is 15.2. The minimum absolute atomic E-state index is 0.00788. The molecule has 0 radical (unpaired) electrons. The summed E-state index contributed by atoms with van der Waals surface area (Å²) in [5, 5.41) is 0. The molecule has 0 aliphatic carbocycles. The van der Waals surface area contributed by atoms with E-state index in [0.29, 0.717) is 44.6 Å². The van der Waals surface area contributed by atoms with Crippen LogP contribution in [0.25, 0.3) is 0 Å². The monoisotopic (exact) mass is 617 g/mol. The number of rotatable bonds is 14. The lowest BCUT2D eigenvalue weighted by Crippen LogP contribution is -2.38. The molecule has 1 aliphatic rings. The van der Waals surface area contributed by atoms with Crippen LogP contribution in [0.15, 0.2) is 109 Å². The molecule has 45 heavy (non-hydrogen) atoms. The highest BCUT2D eigenvalue weighted by molar-refractivity contribution is 5.79. The number of amides is 1. The zero-order chi connectivity index (χ0) is 31.6. The summed E-state index contributed by atoms with van der Waals surface area (Å²) in [6, 6.07) is 32.3. The molecule has 236 valence electrons. The summed E-state index contributed by atoms with van der Waals surface area (Å²) in [6.07, 6.45) is -3.46. The number of methoxy groups -OCH3 is 1. The lowest BCUT2D eigenvalue weighted by Gasteiger charge is -2.30. The van der Waals surface area contributed by atoms with Crippen molar-refractivity contribution in [3.05, 3.63) is 137 Å². The van der Waals surface area contributed by atoms with E-state index in [1.54, 1.807) is 13.2 Å². The van der Waals surface area contributed by atoms with Crippen LogP contribution < -0.4 is 4.74 Å². The summed E-state index contributed by atoms with van der Waals surface area (Å²) >= 11 is 0. The van der Waals surface area contributed by atoms with Gasteiger partial charge in [0.1, 0.15) is 5.75 Å². The third-order valence-electron chi connectivity index (χ3n) is 8.18. The van der Waals surface area contributed by atoms with E-state index in [1.807, 2.05) is 89.8 Å². The van der Waals surface area contributed by atoms with Gasteiger partial charge < -0.3 is 19.1 Å². The van der Waals surface area contributed by atoms with E-state index in [4.69, 9.17) is 14.2 Å². The normalized spacial score (nSPS) is 17.4. The average molecular weight is 618 g/mol. The molecule has 8 heteroatoms. The second-order valence-electron chi connectivity index (χ2n) is 11.4. The molecule has 4 aromatic carbocycles. The number of likely N-dealkylation sites (tertiary alicyclic amines) is 1. The highest BCUT2D eigenvalue weighted by Gasteiger charge is 2.40. The van der Waals surface area contributed by atoms with E-state index in [1.165, 1.54) is 12.1 Å². The molecule has 0 aromatic heterocycles. The summed E-state index contributed by atoms with van der Waals surface area (Å²) in [5.41, 5.74) is 2.85. The fraction of sp³-hybridized carbons (Fsp3) is 0.324. The number of alkyl halides is 3. The molecular weight excluding hydrogens is 579 g/mol. The van der Waals surface area contributed by atoms with Crippen LogP contribution in [-0.4, -0.2) is 36.2 Å². The van der Waals surface area contributed by atoms with Crippen LogP contribution in [0.1, 0.15) is 47.1 Å². The van der Waals surface area contributed by atoms with E-state index in [9.17, 15) is 18.0 Å². The van der Waals surface area contributed by atoms with Crippen molar-refractivity contribution < 1.29 is 32.2 Å². The van der Waals surface area contributed by atoms with Gasteiger partial charge in [-0.3, -0.25) is 4.79 Å². The smallest absolute Gasteiger partial charge is 0.416 e. The zero-order valence-corrected chi connectivity index (χ0v) is 25.3. The van der Waals surface area contributed by atoms with E-state index < -0.39 is 11.7 Å². The van der Waals surface area contributed by atoms with Crippen molar-refractivity contribution in [2.75, 3.05) is 7.11 Å². The number of halogens is 3. The van der Waals surface area contributed by atoms with Gasteiger partial charge in [-0.25, -0.2) is 0 Å². The maximum absolute atomic E-state index is 13.5. The minimum Gasteiger partial charge on any atom is -0.497 e. The van der Waals surface area contributed by atoms with Gasteiger partial charge in [-0.2, -0.15) is 13.2 Å². The lowest BCUT2D eigenvalue weighted by atomic mass is 9.97. The molecule has 1 saturated heterocycles. The summed E-state index contributed by atoms with van der Waals surface area (Å²) in [7, 11) is 1.61. The van der Waals surface area contributed by atoms with E-state index in [-0.39, 0.29) is 30.6 Å². The summed E-state index contributed by atoms with van der Waals surface area (Å²) in [5.74, 6) is 0.744. The number of hydrogen-bond donors (Lipinski definition) is 0. The van der Waals surface area contributed by atoms with Gasteiger partial charge in [0.25, 0.3) is 0 Å². The van der Waals surface area contributed by atoms with Crippen LogP contribution in [0.2, 0.25) is 0 Å². The van der Waals surface area contributed by atoms with Gasteiger partial charge in [0, 0.05) is 6.54 Å². The highest BCUT2D eigenvalue weighted by Crippen LogP contribution is 2.32. The van der Waals surface area contributed by atoms with Crippen molar-refractivity contribution in [3.8, 4) is 5.75 Å². The molecule has 1 aliphatic heterocycles. The van der Waals surface area contributed by atoms with Gasteiger partial charge >= 0.3 is 6.18 Å². The number of carbonyl (C=O) groups is 1. The van der Waals surface area contributed by atoms with E-state index in [2.05, 4.69) is 0 Å². The Morgan fingerprint density at radius 3 is 2.09 bits per heavy atom. The Hall–Kier alpha value is -4.14. The second kappa shape index (κ2) is 15.2. The first-order valence-corrected chi connectivity index (χ1v) is 15.2. The molecule has 1 fully saturated rings. The minimum atomic E-state index is -4.42. The van der Waals surface area contributed by atoms with Crippen LogP contribution in [0.5, 0.6) is 5.75 Å². The Morgan fingerprint density at radius 1 is 0.800 bits per heavy atom. The van der Waals surface area contributed by atoms with Crippen molar-refractivity contribution in [1.82, 2.24) is 4.90 Å². The number of ether oxygens (including phenoxy) is 3. The van der Waals surface area contributed by atoms with Crippen LogP contribution in [-0.2, 0) is 46.6 Å². The zero-order valence-electron chi connectivity index (χ0n) is 25.3. The lowest BCUT2D eigenvalue weighted by molar-refractivity contribution is -0.137. The number of nitrogens with zero attached hydrogens (tertiary/aromatic N) is 1. The van der Waals surface area contributed by atoms with Gasteiger partial charge in [0.15, 0.2) is 0 Å². The molecule has 3 atom stereocenters. The van der Waals surface area contributed by atoms with Gasteiger partial charge in [0.2, 0.25) is 5.91 Å². The molecule has 1 amide bonds. The third-order valence-corrected chi connectivity index (χ3v) is 8.18. The van der Waals surface area contributed by atoms with Gasteiger partial charge in [-0.15, -0.1) is 0 Å². The van der Waals surface area contributed by atoms with Crippen LogP contribution in [0.3, 0.4) is 0 Å².